The third kappa shape index (κ3) is 5.74. The predicted octanol–water partition coefficient (Wildman–Crippen LogP) is 3.39. The maximum atomic E-state index is 12.5. The third-order valence-corrected chi connectivity index (χ3v) is 3.25. The Bertz CT molecular complexity index is 512. The van der Waals surface area contributed by atoms with Gasteiger partial charge < -0.3 is 15.2 Å². The zero-order valence-electron chi connectivity index (χ0n) is 13.6. The first-order valence-corrected chi connectivity index (χ1v) is 7.32. The molecule has 1 aromatic rings. The molecule has 1 aromatic carbocycles. The highest BCUT2D eigenvalue weighted by molar-refractivity contribution is 5.75. The molecule has 0 saturated carbocycles. The maximum Gasteiger partial charge on any atom is 0.416 e. The summed E-state index contributed by atoms with van der Waals surface area (Å²) in [5.74, 6) is -0.318. The topological polar surface area (TPSA) is 61.5 Å². The molecule has 0 aliphatic rings. The molecule has 23 heavy (non-hydrogen) atoms. The van der Waals surface area contributed by atoms with E-state index in [4.69, 9.17) is 15.2 Å². The minimum atomic E-state index is -4.39. The predicted molar refractivity (Wildman–Crippen MR) is 79.9 cm³/mol. The molecule has 0 aliphatic heterocycles. The van der Waals surface area contributed by atoms with Crippen LogP contribution in [-0.2, 0) is 15.7 Å². The summed E-state index contributed by atoms with van der Waals surface area (Å²) in [5.41, 5.74) is 4.72. The third-order valence-electron chi connectivity index (χ3n) is 3.25. The fourth-order valence-electron chi connectivity index (χ4n) is 2.02. The van der Waals surface area contributed by atoms with Crippen molar-refractivity contribution in [1.82, 2.24) is 0 Å². The van der Waals surface area contributed by atoms with E-state index in [9.17, 15) is 18.0 Å². The molecule has 3 atom stereocenters. The second-order valence-electron chi connectivity index (χ2n) is 5.78. The van der Waals surface area contributed by atoms with E-state index in [1.165, 1.54) is 19.1 Å². The summed E-state index contributed by atoms with van der Waals surface area (Å²) in [6.45, 7) is 6.91. The summed E-state index contributed by atoms with van der Waals surface area (Å²) in [7, 11) is 0. The number of alkyl halides is 3. The molecule has 0 fully saturated rings. The molecule has 0 amide bonds. The molecule has 2 N–H and O–H groups in total. The minimum absolute atomic E-state index is 0.0397. The van der Waals surface area contributed by atoms with Crippen molar-refractivity contribution < 1.29 is 27.4 Å². The first kappa shape index (κ1) is 19.3. The molecule has 1 rings (SSSR count). The van der Waals surface area contributed by atoms with Crippen LogP contribution < -0.4 is 10.5 Å². The Morgan fingerprint density at radius 2 is 1.61 bits per heavy atom. The zero-order chi connectivity index (χ0) is 17.8. The number of hydrogen-bond acceptors (Lipinski definition) is 4. The average molecular weight is 333 g/mol. The first-order chi connectivity index (χ1) is 10.5. The van der Waals surface area contributed by atoms with Crippen LogP contribution in [0.15, 0.2) is 24.3 Å². The van der Waals surface area contributed by atoms with E-state index in [-0.39, 0.29) is 11.7 Å². The van der Waals surface area contributed by atoms with Crippen LogP contribution in [0.4, 0.5) is 13.2 Å². The van der Waals surface area contributed by atoms with Gasteiger partial charge in [-0.1, -0.05) is 13.8 Å². The van der Waals surface area contributed by atoms with Gasteiger partial charge >= 0.3 is 12.1 Å². The van der Waals surface area contributed by atoms with E-state index in [2.05, 4.69) is 0 Å². The molecule has 0 aliphatic carbocycles. The second kappa shape index (κ2) is 7.68. The van der Waals surface area contributed by atoms with Crippen molar-refractivity contribution in [2.45, 2.75) is 52.1 Å². The van der Waals surface area contributed by atoms with Crippen molar-refractivity contribution >= 4 is 5.97 Å². The van der Waals surface area contributed by atoms with Gasteiger partial charge in [-0.25, -0.2) is 0 Å². The summed E-state index contributed by atoms with van der Waals surface area (Å²) < 4.78 is 48.5. The van der Waals surface area contributed by atoms with Crippen molar-refractivity contribution in [1.29, 1.82) is 0 Å². The number of esters is 1. The number of ether oxygens (including phenoxy) is 2. The van der Waals surface area contributed by atoms with Gasteiger partial charge in [-0.2, -0.15) is 13.2 Å². The molecular formula is C16H22F3NO3. The van der Waals surface area contributed by atoms with Gasteiger partial charge in [0, 0.05) is 0 Å². The smallest absolute Gasteiger partial charge is 0.416 e. The van der Waals surface area contributed by atoms with Crippen LogP contribution in [0, 0.1) is 5.92 Å². The Kier molecular flexibility index (Phi) is 6.44. The van der Waals surface area contributed by atoms with E-state index in [0.29, 0.717) is 0 Å². The van der Waals surface area contributed by atoms with Gasteiger partial charge in [-0.05, 0) is 44.0 Å². The molecule has 0 bridgehead atoms. The maximum absolute atomic E-state index is 12.5. The highest BCUT2D eigenvalue weighted by Gasteiger charge is 2.31. The molecule has 130 valence electrons. The van der Waals surface area contributed by atoms with Gasteiger partial charge in [0.15, 0.2) is 0 Å². The Labute approximate surface area is 133 Å². The lowest BCUT2D eigenvalue weighted by molar-refractivity contribution is -0.157. The van der Waals surface area contributed by atoms with Crippen molar-refractivity contribution in [3.63, 3.8) is 0 Å². The fourth-order valence-corrected chi connectivity index (χ4v) is 2.02. The fraction of sp³-hybridized carbons (Fsp3) is 0.562. The summed E-state index contributed by atoms with van der Waals surface area (Å²) in [6, 6.07) is 3.61. The lowest BCUT2D eigenvalue weighted by Gasteiger charge is -2.28. The normalized spacial score (nSPS) is 15.9. The van der Waals surface area contributed by atoms with Crippen LogP contribution in [-0.4, -0.2) is 24.2 Å². The Morgan fingerprint density at radius 1 is 1.09 bits per heavy atom. The molecular weight excluding hydrogens is 311 g/mol. The summed E-state index contributed by atoms with van der Waals surface area (Å²) >= 11 is 0. The lowest BCUT2D eigenvalue weighted by atomic mass is 10.0. The number of hydrogen-bond donors (Lipinski definition) is 1. The van der Waals surface area contributed by atoms with Crippen LogP contribution in [0.2, 0.25) is 0 Å². The van der Waals surface area contributed by atoms with Gasteiger partial charge in [-0.3, -0.25) is 4.79 Å². The molecule has 0 saturated heterocycles. The highest BCUT2D eigenvalue weighted by atomic mass is 19.4. The Morgan fingerprint density at radius 3 is 2.00 bits per heavy atom. The van der Waals surface area contributed by atoms with Crippen molar-refractivity contribution in [3.05, 3.63) is 29.8 Å². The van der Waals surface area contributed by atoms with Gasteiger partial charge in [0.2, 0.25) is 0 Å². The monoisotopic (exact) mass is 333 g/mol. The van der Waals surface area contributed by atoms with Crippen LogP contribution in [0.1, 0.15) is 33.3 Å². The number of carbonyl (C=O) groups is 1. The number of benzene rings is 1. The van der Waals surface area contributed by atoms with Crippen molar-refractivity contribution in [2.75, 3.05) is 0 Å². The van der Waals surface area contributed by atoms with Gasteiger partial charge in [0.1, 0.15) is 24.0 Å². The van der Waals surface area contributed by atoms with E-state index in [1.807, 2.05) is 13.8 Å². The minimum Gasteiger partial charge on any atom is -0.487 e. The molecule has 4 nitrogen and oxygen atoms in total. The molecule has 7 heteroatoms. The second-order valence-corrected chi connectivity index (χ2v) is 5.78. The lowest BCUT2D eigenvalue weighted by Crippen LogP contribution is -2.41. The van der Waals surface area contributed by atoms with Crippen LogP contribution in [0.3, 0.4) is 0 Å². The highest BCUT2D eigenvalue weighted by Crippen LogP contribution is 2.30. The SMILES string of the molecule is CC(C)[C@@H](OC(=O)[C@H](C)N)[C@H](C)Oc1ccc(C(F)(F)F)cc1. The zero-order valence-corrected chi connectivity index (χ0v) is 13.6. The molecule has 0 spiro atoms. The first-order valence-electron chi connectivity index (χ1n) is 7.32. The van der Waals surface area contributed by atoms with E-state index < -0.39 is 36.0 Å². The average Bonchev–Trinajstić information content (AvgIpc) is 2.43. The number of nitrogens with two attached hydrogens (primary N) is 1. The van der Waals surface area contributed by atoms with Crippen LogP contribution in [0.25, 0.3) is 0 Å². The van der Waals surface area contributed by atoms with Gasteiger partial charge in [0.05, 0.1) is 5.56 Å². The molecule has 0 unspecified atom stereocenters. The van der Waals surface area contributed by atoms with Crippen LogP contribution in [0.5, 0.6) is 5.75 Å². The van der Waals surface area contributed by atoms with Crippen LogP contribution >= 0.6 is 0 Å². The van der Waals surface area contributed by atoms with E-state index in [0.717, 1.165) is 12.1 Å². The quantitative estimate of drug-likeness (QED) is 0.811. The van der Waals surface area contributed by atoms with Crippen molar-refractivity contribution in [3.8, 4) is 5.75 Å². The summed E-state index contributed by atoms with van der Waals surface area (Å²) in [6.07, 6.45) is -5.48. The summed E-state index contributed by atoms with van der Waals surface area (Å²) in [5, 5.41) is 0. The van der Waals surface area contributed by atoms with E-state index in [1.54, 1.807) is 6.92 Å². The number of halogens is 3. The Hall–Kier alpha value is -1.76. The van der Waals surface area contributed by atoms with Gasteiger partial charge in [0.25, 0.3) is 0 Å². The summed E-state index contributed by atoms with van der Waals surface area (Å²) in [4.78, 5) is 11.6. The van der Waals surface area contributed by atoms with Crippen molar-refractivity contribution in [2.24, 2.45) is 11.7 Å². The standard InChI is InChI=1S/C16H22F3NO3/c1-9(2)14(23-15(21)10(3)20)11(4)22-13-7-5-12(6-8-13)16(17,18)19/h5-11,14H,20H2,1-4H3/t10-,11-,14+/m0/s1. The van der Waals surface area contributed by atoms with Gasteiger partial charge in [-0.15, -0.1) is 0 Å². The molecule has 0 aromatic heterocycles. The number of rotatable bonds is 6. The number of carbonyl (C=O) groups excluding carboxylic acids is 1. The van der Waals surface area contributed by atoms with E-state index >= 15 is 0 Å². The molecule has 0 heterocycles. The largest absolute Gasteiger partial charge is 0.487 e. The Balaban J connectivity index is 2.78. The molecule has 0 radical (unpaired) electrons.